The first kappa shape index (κ1) is 20.3. The van der Waals surface area contributed by atoms with Gasteiger partial charge in [0.25, 0.3) is 5.91 Å². The number of hydrogen-bond donors (Lipinski definition) is 2. The van der Waals surface area contributed by atoms with Crippen molar-refractivity contribution in [2.45, 2.75) is 32.7 Å². The second-order valence-corrected chi connectivity index (χ2v) is 6.15. The van der Waals surface area contributed by atoms with Crippen LogP contribution in [-0.4, -0.2) is 31.0 Å². The fourth-order valence-corrected chi connectivity index (χ4v) is 2.19. The lowest BCUT2D eigenvalue weighted by Gasteiger charge is -2.12. The van der Waals surface area contributed by atoms with Crippen molar-refractivity contribution in [2.75, 3.05) is 13.2 Å². The molecule has 1 unspecified atom stereocenters. The van der Waals surface area contributed by atoms with Gasteiger partial charge in [-0.05, 0) is 49.7 Å². The molecule has 2 amide bonds. The van der Waals surface area contributed by atoms with Crippen LogP contribution in [0.5, 0.6) is 17.2 Å². The van der Waals surface area contributed by atoms with Crippen LogP contribution in [0, 0.1) is 0 Å². The third-order valence-electron chi connectivity index (χ3n) is 3.87. The molecule has 27 heavy (non-hydrogen) atoms. The lowest BCUT2D eigenvalue weighted by molar-refractivity contribution is -0.123. The lowest BCUT2D eigenvalue weighted by atomic mass is 10.2. The van der Waals surface area contributed by atoms with E-state index in [0.717, 1.165) is 12.2 Å². The first-order chi connectivity index (χ1) is 13.1. The molecule has 2 N–H and O–H groups in total. The van der Waals surface area contributed by atoms with E-state index in [2.05, 4.69) is 10.6 Å². The smallest absolute Gasteiger partial charge is 0.257 e. The summed E-state index contributed by atoms with van der Waals surface area (Å²) in [6.07, 6.45) is 1.13. The quantitative estimate of drug-likeness (QED) is 0.673. The van der Waals surface area contributed by atoms with Gasteiger partial charge in [-0.25, -0.2) is 0 Å². The number of ether oxygens (including phenoxy) is 2. The largest absolute Gasteiger partial charge is 0.484 e. The standard InChI is InChI=1S/C21H26N2O4/c1-3-16(2)23-20(24)13-14-22-21(25)15-26-17-9-11-19(12-10-17)27-18-7-5-4-6-8-18/h4-12,16H,3,13-15H2,1-2H3,(H,22,25)(H,23,24). The van der Waals surface area contributed by atoms with E-state index in [4.69, 9.17) is 9.47 Å². The van der Waals surface area contributed by atoms with Crippen LogP contribution >= 0.6 is 0 Å². The normalized spacial score (nSPS) is 11.3. The molecule has 0 aromatic heterocycles. The maximum absolute atomic E-state index is 11.8. The maximum Gasteiger partial charge on any atom is 0.257 e. The summed E-state index contributed by atoms with van der Waals surface area (Å²) in [4.78, 5) is 23.4. The van der Waals surface area contributed by atoms with Gasteiger partial charge in [0, 0.05) is 19.0 Å². The van der Waals surface area contributed by atoms with Crippen LogP contribution < -0.4 is 20.1 Å². The number of carbonyl (C=O) groups is 2. The van der Waals surface area contributed by atoms with Gasteiger partial charge >= 0.3 is 0 Å². The second-order valence-electron chi connectivity index (χ2n) is 6.15. The summed E-state index contributed by atoms with van der Waals surface area (Å²) >= 11 is 0. The molecule has 2 rings (SSSR count). The fraction of sp³-hybridized carbons (Fsp3) is 0.333. The highest BCUT2D eigenvalue weighted by molar-refractivity contribution is 5.79. The van der Waals surface area contributed by atoms with E-state index in [0.29, 0.717) is 11.5 Å². The van der Waals surface area contributed by atoms with Gasteiger partial charge in [0.2, 0.25) is 5.91 Å². The van der Waals surface area contributed by atoms with Crippen molar-refractivity contribution in [3.05, 3.63) is 54.6 Å². The van der Waals surface area contributed by atoms with E-state index in [1.807, 2.05) is 44.2 Å². The number of hydrogen-bond acceptors (Lipinski definition) is 4. The Hall–Kier alpha value is -3.02. The van der Waals surface area contributed by atoms with Gasteiger partial charge in [-0.3, -0.25) is 9.59 Å². The summed E-state index contributed by atoms with van der Waals surface area (Å²) < 4.78 is 11.1. The van der Waals surface area contributed by atoms with Crippen molar-refractivity contribution < 1.29 is 19.1 Å². The molecule has 0 saturated carbocycles. The minimum absolute atomic E-state index is 0.0698. The van der Waals surface area contributed by atoms with Crippen molar-refractivity contribution in [3.8, 4) is 17.2 Å². The molecule has 6 heteroatoms. The summed E-state index contributed by atoms with van der Waals surface area (Å²) in [6, 6.07) is 16.7. The van der Waals surface area contributed by atoms with E-state index >= 15 is 0 Å². The Morgan fingerprint density at radius 3 is 2.22 bits per heavy atom. The van der Waals surface area contributed by atoms with Crippen molar-refractivity contribution in [1.29, 1.82) is 0 Å². The van der Waals surface area contributed by atoms with E-state index in [1.54, 1.807) is 24.3 Å². The van der Waals surface area contributed by atoms with E-state index < -0.39 is 0 Å². The first-order valence-electron chi connectivity index (χ1n) is 9.08. The second kappa shape index (κ2) is 10.9. The molecular formula is C21H26N2O4. The molecule has 0 heterocycles. The Kier molecular flexibility index (Phi) is 8.16. The van der Waals surface area contributed by atoms with Gasteiger partial charge in [-0.2, -0.15) is 0 Å². The van der Waals surface area contributed by atoms with Crippen LogP contribution in [0.1, 0.15) is 26.7 Å². The molecule has 0 aliphatic carbocycles. The predicted molar refractivity (Wildman–Crippen MR) is 104 cm³/mol. The van der Waals surface area contributed by atoms with Crippen LogP contribution in [0.2, 0.25) is 0 Å². The average molecular weight is 370 g/mol. The highest BCUT2D eigenvalue weighted by atomic mass is 16.5. The predicted octanol–water partition coefficient (Wildman–Crippen LogP) is 3.28. The molecular weight excluding hydrogens is 344 g/mol. The zero-order valence-electron chi connectivity index (χ0n) is 15.7. The zero-order valence-corrected chi connectivity index (χ0v) is 15.7. The third-order valence-corrected chi connectivity index (χ3v) is 3.87. The number of rotatable bonds is 10. The van der Waals surface area contributed by atoms with Crippen molar-refractivity contribution >= 4 is 11.8 Å². The average Bonchev–Trinajstić information content (AvgIpc) is 2.68. The summed E-state index contributed by atoms with van der Waals surface area (Å²) in [7, 11) is 0. The summed E-state index contributed by atoms with van der Waals surface area (Å²) in [5.41, 5.74) is 0. The Labute approximate surface area is 159 Å². The topological polar surface area (TPSA) is 76.7 Å². The minimum atomic E-state index is -0.268. The Morgan fingerprint density at radius 1 is 0.926 bits per heavy atom. The van der Waals surface area contributed by atoms with Crippen LogP contribution in [0.3, 0.4) is 0 Å². The zero-order chi connectivity index (χ0) is 19.5. The highest BCUT2D eigenvalue weighted by Gasteiger charge is 2.07. The molecule has 0 spiro atoms. The van der Waals surface area contributed by atoms with Gasteiger partial charge in [-0.1, -0.05) is 25.1 Å². The molecule has 1 atom stereocenters. The fourth-order valence-electron chi connectivity index (χ4n) is 2.19. The van der Waals surface area contributed by atoms with Gasteiger partial charge in [-0.15, -0.1) is 0 Å². The van der Waals surface area contributed by atoms with Crippen molar-refractivity contribution in [2.24, 2.45) is 0 Å². The molecule has 2 aromatic carbocycles. The van der Waals surface area contributed by atoms with Gasteiger partial charge in [0.05, 0.1) is 0 Å². The van der Waals surface area contributed by atoms with Gasteiger partial charge in [0.1, 0.15) is 17.2 Å². The lowest BCUT2D eigenvalue weighted by Crippen LogP contribution is -2.36. The summed E-state index contributed by atoms with van der Waals surface area (Å²) in [5.74, 6) is 1.67. The SMILES string of the molecule is CCC(C)NC(=O)CCNC(=O)COc1ccc(Oc2ccccc2)cc1. The summed E-state index contributed by atoms with van der Waals surface area (Å²) in [6.45, 7) is 4.13. The third kappa shape index (κ3) is 7.81. The van der Waals surface area contributed by atoms with E-state index in [9.17, 15) is 9.59 Å². The monoisotopic (exact) mass is 370 g/mol. The molecule has 2 aromatic rings. The molecule has 0 bridgehead atoms. The highest BCUT2D eigenvalue weighted by Crippen LogP contribution is 2.23. The van der Waals surface area contributed by atoms with E-state index in [1.165, 1.54) is 0 Å². The Bertz CT molecular complexity index is 717. The van der Waals surface area contributed by atoms with Crippen LogP contribution in [-0.2, 0) is 9.59 Å². The van der Waals surface area contributed by atoms with Crippen LogP contribution in [0.25, 0.3) is 0 Å². The molecule has 0 aliphatic rings. The van der Waals surface area contributed by atoms with Gasteiger partial charge < -0.3 is 20.1 Å². The number of benzene rings is 2. The molecule has 0 radical (unpaired) electrons. The van der Waals surface area contributed by atoms with Crippen LogP contribution in [0.15, 0.2) is 54.6 Å². The molecule has 144 valence electrons. The Morgan fingerprint density at radius 2 is 1.56 bits per heavy atom. The summed E-state index contributed by atoms with van der Waals surface area (Å²) in [5, 5.41) is 5.52. The molecule has 0 aliphatic heterocycles. The number of carbonyl (C=O) groups excluding carboxylic acids is 2. The van der Waals surface area contributed by atoms with Crippen molar-refractivity contribution in [3.63, 3.8) is 0 Å². The van der Waals surface area contributed by atoms with Crippen LogP contribution in [0.4, 0.5) is 0 Å². The molecule has 0 saturated heterocycles. The first-order valence-corrected chi connectivity index (χ1v) is 9.08. The van der Waals surface area contributed by atoms with E-state index in [-0.39, 0.29) is 37.4 Å². The minimum Gasteiger partial charge on any atom is -0.484 e. The number of amides is 2. The molecule has 0 fully saturated rings. The number of para-hydroxylation sites is 1. The maximum atomic E-state index is 11.8. The number of nitrogens with one attached hydrogen (secondary N) is 2. The van der Waals surface area contributed by atoms with Gasteiger partial charge in [0.15, 0.2) is 6.61 Å². The van der Waals surface area contributed by atoms with Crippen molar-refractivity contribution in [1.82, 2.24) is 10.6 Å². The molecule has 6 nitrogen and oxygen atoms in total. The Balaban J connectivity index is 1.67.